The molecule has 19 heavy (non-hydrogen) atoms. The van der Waals surface area contributed by atoms with Crippen molar-refractivity contribution in [3.63, 3.8) is 0 Å². The molecule has 0 aromatic heterocycles. The third-order valence-electron chi connectivity index (χ3n) is 2.71. The molecule has 0 aliphatic rings. The molecule has 0 heterocycles. The van der Waals surface area contributed by atoms with E-state index in [1.54, 1.807) is 0 Å². The van der Waals surface area contributed by atoms with Gasteiger partial charge in [-0.2, -0.15) is 13.2 Å². The summed E-state index contributed by atoms with van der Waals surface area (Å²) < 4.78 is 57.8. The minimum atomic E-state index is -5.19. The molecule has 106 valence electrons. The van der Waals surface area contributed by atoms with E-state index in [0.29, 0.717) is 0 Å². The highest BCUT2D eigenvalue weighted by molar-refractivity contribution is 5.71. The van der Waals surface area contributed by atoms with Gasteiger partial charge in [-0.15, -0.1) is 0 Å². The second-order valence-electron chi connectivity index (χ2n) is 4.10. The maximum absolute atomic E-state index is 14.4. The van der Waals surface area contributed by atoms with Gasteiger partial charge in [-0.05, 0) is 19.4 Å². The van der Waals surface area contributed by atoms with E-state index in [2.05, 4.69) is 4.74 Å². The number of hydrogen-bond acceptors (Lipinski definition) is 2. The van der Waals surface area contributed by atoms with Gasteiger partial charge < -0.3 is 4.74 Å². The molecule has 0 radical (unpaired) electrons. The average Bonchev–Trinajstić information content (AvgIpc) is 2.28. The van der Waals surface area contributed by atoms with Crippen LogP contribution in [-0.4, -0.2) is 18.8 Å². The van der Waals surface area contributed by atoms with Crippen LogP contribution in [0.4, 0.5) is 17.6 Å². The lowest BCUT2D eigenvalue weighted by Crippen LogP contribution is -2.41. The van der Waals surface area contributed by atoms with Crippen LogP contribution in [0.15, 0.2) is 24.3 Å². The second-order valence-corrected chi connectivity index (χ2v) is 4.10. The predicted octanol–water partition coefficient (Wildman–Crippen LogP) is 3.68. The molecule has 1 aromatic carbocycles. The Bertz CT molecular complexity index is 456. The molecule has 1 aromatic rings. The number of esters is 1. The van der Waals surface area contributed by atoms with E-state index in [-0.39, 0.29) is 12.2 Å². The first kappa shape index (κ1) is 15.5. The van der Waals surface area contributed by atoms with E-state index in [1.807, 2.05) is 0 Å². The summed E-state index contributed by atoms with van der Waals surface area (Å²) in [7, 11) is 0. The number of benzene rings is 1. The molecule has 0 aliphatic carbocycles. The molecule has 0 amide bonds. The van der Waals surface area contributed by atoms with Crippen LogP contribution in [0.3, 0.4) is 0 Å². The van der Waals surface area contributed by atoms with Crippen LogP contribution in [0.1, 0.15) is 24.5 Å². The first-order chi connectivity index (χ1) is 8.72. The van der Waals surface area contributed by atoms with Gasteiger partial charge in [-0.3, -0.25) is 4.79 Å². The number of ether oxygens (including phenoxy) is 1. The van der Waals surface area contributed by atoms with Gasteiger partial charge >= 0.3 is 12.1 Å². The molecule has 0 N–H and O–H groups in total. The Morgan fingerprint density at radius 3 is 2.26 bits per heavy atom. The number of alkyl halides is 4. The van der Waals surface area contributed by atoms with Crippen molar-refractivity contribution < 1.29 is 27.1 Å². The van der Waals surface area contributed by atoms with Gasteiger partial charge in [0.1, 0.15) is 0 Å². The second kappa shape index (κ2) is 5.59. The standard InChI is InChI=1S/C13H14F4O2/c1-3-19-11(18)8-12(14,13(15,16)17)10-7-5-4-6-9(10)2/h4-7H,3,8H2,1-2H3. The minimum Gasteiger partial charge on any atom is -0.466 e. The van der Waals surface area contributed by atoms with Crippen molar-refractivity contribution in [1.29, 1.82) is 0 Å². The highest BCUT2D eigenvalue weighted by Gasteiger charge is 2.59. The fourth-order valence-electron chi connectivity index (χ4n) is 1.78. The van der Waals surface area contributed by atoms with Crippen molar-refractivity contribution in [3.05, 3.63) is 35.4 Å². The number of carbonyl (C=O) groups is 1. The Morgan fingerprint density at radius 1 is 1.21 bits per heavy atom. The predicted molar refractivity (Wildman–Crippen MR) is 61.3 cm³/mol. The highest BCUT2D eigenvalue weighted by atomic mass is 19.4. The number of carbonyl (C=O) groups excluding carboxylic acids is 1. The Hall–Kier alpha value is -1.59. The third-order valence-corrected chi connectivity index (χ3v) is 2.71. The molecule has 1 atom stereocenters. The van der Waals surface area contributed by atoms with E-state index in [0.717, 1.165) is 6.07 Å². The maximum Gasteiger partial charge on any atom is 0.427 e. The van der Waals surface area contributed by atoms with Gasteiger partial charge in [0.25, 0.3) is 0 Å². The SMILES string of the molecule is CCOC(=O)CC(F)(c1ccccc1C)C(F)(F)F. The smallest absolute Gasteiger partial charge is 0.427 e. The van der Waals surface area contributed by atoms with Crippen LogP contribution in [0.5, 0.6) is 0 Å². The summed E-state index contributed by atoms with van der Waals surface area (Å²) in [4.78, 5) is 11.2. The molecular weight excluding hydrogens is 264 g/mol. The van der Waals surface area contributed by atoms with E-state index in [9.17, 15) is 22.4 Å². The number of halogens is 4. The van der Waals surface area contributed by atoms with Crippen LogP contribution in [-0.2, 0) is 15.2 Å². The molecule has 0 spiro atoms. The van der Waals surface area contributed by atoms with Crippen LogP contribution in [0.25, 0.3) is 0 Å². The van der Waals surface area contributed by atoms with Crippen LogP contribution < -0.4 is 0 Å². The molecule has 2 nitrogen and oxygen atoms in total. The van der Waals surface area contributed by atoms with Gasteiger partial charge in [0, 0.05) is 5.56 Å². The maximum atomic E-state index is 14.4. The summed E-state index contributed by atoms with van der Waals surface area (Å²) in [6, 6.07) is 5.19. The molecule has 1 rings (SSSR count). The fourth-order valence-corrected chi connectivity index (χ4v) is 1.78. The van der Waals surface area contributed by atoms with Crippen molar-refractivity contribution in [2.75, 3.05) is 6.61 Å². The van der Waals surface area contributed by atoms with Gasteiger partial charge in [-0.1, -0.05) is 24.3 Å². The number of aryl methyl sites for hydroxylation is 1. The van der Waals surface area contributed by atoms with Gasteiger partial charge in [0.15, 0.2) is 0 Å². The molecule has 0 bridgehead atoms. The molecule has 0 saturated carbocycles. The van der Waals surface area contributed by atoms with Crippen molar-refractivity contribution in [3.8, 4) is 0 Å². The Labute approximate surface area is 108 Å². The lowest BCUT2D eigenvalue weighted by molar-refractivity contribution is -0.240. The normalized spacial score (nSPS) is 14.8. The van der Waals surface area contributed by atoms with Crippen molar-refractivity contribution in [1.82, 2.24) is 0 Å². The molecule has 0 saturated heterocycles. The number of rotatable bonds is 4. The van der Waals surface area contributed by atoms with Crippen molar-refractivity contribution in [2.45, 2.75) is 32.1 Å². The topological polar surface area (TPSA) is 26.3 Å². The lowest BCUT2D eigenvalue weighted by Gasteiger charge is -2.28. The van der Waals surface area contributed by atoms with Crippen molar-refractivity contribution >= 4 is 5.97 Å². The van der Waals surface area contributed by atoms with E-state index < -0.39 is 29.8 Å². The summed E-state index contributed by atoms with van der Waals surface area (Å²) in [5.74, 6) is -1.22. The first-order valence-electron chi connectivity index (χ1n) is 5.69. The largest absolute Gasteiger partial charge is 0.466 e. The van der Waals surface area contributed by atoms with Gasteiger partial charge in [0.05, 0.1) is 13.0 Å². The molecule has 0 fully saturated rings. The third kappa shape index (κ3) is 3.24. The van der Waals surface area contributed by atoms with E-state index in [1.165, 1.54) is 32.0 Å². The zero-order valence-corrected chi connectivity index (χ0v) is 10.6. The summed E-state index contributed by atoms with van der Waals surface area (Å²) in [6.45, 7) is 2.71. The zero-order chi connectivity index (χ0) is 14.7. The van der Waals surface area contributed by atoms with Crippen molar-refractivity contribution in [2.24, 2.45) is 0 Å². The summed E-state index contributed by atoms with van der Waals surface area (Å²) in [6.07, 6.45) is -6.57. The molecular formula is C13H14F4O2. The summed E-state index contributed by atoms with van der Waals surface area (Å²) in [5.41, 5.74) is -4.16. The van der Waals surface area contributed by atoms with Gasteiger partial charge in [-0.25, -0.2) is 4.39 Å². The molecule has 0 aliphatic heterocycles. The quantitative estimate of drug-likeness (QED) is 0.620. The van der Waals surface area contributed by atoms with Gasteiger partial charge in [0.2, 0.25) is 5.67 Å². The highest BCUT2D eigenvalue weighted by Crippen LogP contribution is 2.46. The minimum absolute atomic E-state index is 0.0967. The molecule has 1 unspecified atom stereocenters. The van der Waals surface area contributed by atoms with Crippen LogP contribution in [0, 0.1) is 6.92 Å². The van der Waals surface area contributed by atoms with Crippen LogP contribution >= 0.6 is 0 Å². The van der Waals surface area contributed by atoms with Crippen LogP contribution in [0.2, 0.25) is 0 Å². The summed E-state index contributed by atoms with van der Waals surface area (Å²) >= 11 is 0. The molecule has 6 heteroatoms. The number of hydrogen-bond donors (Lipinski definition) is 0. The average molecular weight is 278 g/mol. The Kier molecular flexibility index (Phi) is 4.55. The summed E-state index contributed by atoms with van der Waals surface area (Å²) in [5, 5.41) is 0. The fraction of sp³-hybridized carbons (Fsp3) is 0.462. The first-order valence-corrected chi connectivity index (χ1v) is 5.69. The van der Waals surface area contributed by atoms with E-state index in [4.69, 9.17) is 0 Å². The Balaban J connectivity index is 3.22. The zero-order valence-electron chi connectivity index (χ0n) is 10.6. The Morgan fingerprint density at radius 2 is 1.79 bits per heavy atom. The lowest BCUT2D eigenvalue weighted by atomic mass is 9.88. The van der Waals surface area contributed by atoms with E-state index >= 15 is 0 Å². The monoisotopic (exact) mass is 278 g/mol.